The van der Waals surface area contributed by atoms with Crippen molar-refractivity contribution in [3.63, 3.8) is 0 Å². The van der Waals surface area contributed by atoms with E-state index < -0.39 is 10.0 Å². The summed E-state index contributed by atoms with van der Waals surface area (Å²) < 4.78 is 32.3. The van der Waals surface area contributed by atoms with Gasteiger partial charge in [0.1, 0.15) is 5.75 Å². The van der Waals surface area contributed by atoms with Crippen LogP contribution in [0.1, 0.15) is 43.4 Å². The predicted octanol–water partition coefficient (Wildman–Crippen LogP) is 3.43. The largest absolute Gasteiger partial charge is 0.496 e. The SMILES string of the molecule is COc1ccccc1C(C)NC(=O)NCc1ccc(S(=O)(=O)N2CCCCC2)cc1. The molecule has 1 atom stereocenters. The first kappa shape index (κ1) is 22.1. The molecule has 1 heterocycles. The normalized spacial score (nSPS) is 15.9. The van der Waals surface area contributed by atoms with E-state index >= 15 is 0 Å². The topological polar surface area (TPSA) is 87.7 Å². The molecule has 0 spiro atoms. The van der Waals surface area contributed by atoms with Crippen LogP contribution in [-0.4, -0.2) is 39.0 Å². The van der Waals surface area contributed by atoms with E-state index in [1.165, 1.54) is 0 Å². The van der Waals surface area contributed by atoms with Gasteiger partial charge in [0.15, 0.2) is 0 Å². The average Bonchev–Trinajstić information content (AvgIpc) is 2.78. The minimum atomic E-state index is -3.44. The molecule has 8 heteroatoms. The summed E-state index contributed by atoms with van der Waals surface area (Å²) in [5.74, 6) is 0.718. The van der Waals surface area contributed by atoms with Crippen LogP contribution in [0.4, 0.5) is 4.79 Å². The molecule has 0 saturated carbocycles. The lowest BCUT2D eigenvalue weighted by molar-refractivity contribution is 0.237. The molecule has 0 radical (unpaired) electrons. The first-order valence-electron chi connectivity index (χ1n) is 10.2. The van der Waals surface area contributed by atoms with Crippen molar-refractivity contribution in [1.82, 2.24) is 14.9 Å². The van der Waals surface area contributed by atoms with E-state index in [9.17, 15) is 13.2 Å². The molecule has 7 nitrogen and oxygen atoms in total. The van der Waals surface area contributed by atoms with Gasteiger partial charge in [-0.2, -0.15) is 4.31 Å². The van der Waals surface area contributed by atoms with Crippen molar-refractivity contribution in [3.8, 4) is 5.75 Å². The van der Waals surface area contributed by atoms with Gasteiger partial charge in [-0.3, -0.25) is 0 Å². The van der Waals surface area contributed by atoms with Crippen LogP contribution < -0.4 is 15.4 Å². The first-order valence-corrected chi connectivity index (χ1v) is 11.6. The Hall–Kier alpha value is -2.58. The molecule has 30 heavy (non-hydrogen) atoms. The second-order valence-corrected chi connectivity index (χ2v) is 9.34. The minimum Gasteiger partial charge on any atom is -0.496 e. The van der Waals surface area contributed by atoms with Gasteiger partial charge in [-0.15, -0.1) is 0 Å². The molecular formula is C22H29N3O4S. The molecule has 3 rings (SSSR count). The van der Waals surface area contributed by atoms with Gasteiger partial charge in [0.2, 0.25) is 10.0 Å². The number of urea groups is 1. The van der Waals surface area contributed by atoms with Crippen LogP contribution in [0, 0.1) is 0 Å². The zero-order valence-corrected chi connectivity index (χ0v) is 18.2. The van der Waals surface area contributed by atoms with Crippen molar-refractivity contribution in [1.29, 1.82) is 0 Å². The van der Waals surface area contributed by atoms with E-state index in [0.717, 1.165) is 36.1 Å². The second-order valence-electron chi connectivity index (χ2n) is 7.40. The van der Waals surface area contributed by atoms with E-state index in [2.05, 4.69) is 10.6 Å². The van der Waals surface area contributed by atoms with E-state index in [1.807, 2.05) is 31.2 Å². The molecule has 1 aliphatic rings. The van der Waals surface area contributed by atoms with Crippen molar-refractivity contribution in [2.24, 2.45) is 0 Å². The summed E-state index contributed by atoms with van der Waals surface area (Å²) in [7, 11) is -1.84. The fourth-order valence-corrected chi connectivity index (χ4v) is 5.08. The average molecular weight is 432 g/mol. The van der Waals surface area contributed by atoms with Crippen LogP contribution in [-0.2, 0) is 16.6 Å². The Bertz CT molecular complexity index is 955. The van der Waals surface area contributed by atoms with Gasteiger partial charge < -0.3 is 15.4 Å². The molecule has 1 saturated heterocycles. The van der Waals surface area contributed by atoms with Crippen molar-refractivity contribution in [2.75, 3.05) is 20.2 Å². The van der Waals surface area contributed by atoms with Crippen LogP contribution in [0.15, 0.2) is 53.4 Å². The first-order chi connectivity index (χ1) is 14.4. The number of piperidine rings is 1. The smallest absolute Gasteiger partial charge is 0.315 e. The van der Waals surface area contributed by atoms with Gasteiger partial charge in [0, 0.05) is 25.2 Å². The van der Waals surface area contributed by atoms with Crippen molar-refractivity contribution >= 4 is 16.1 Å². The van der Waals surface area contributed by atoms with Gasteiger partial charge in [0.05, 0.1) is 18.0 Å². The van der Waals surface area contributed by atoms with Gasteiger partial charge in [0.25, 0.3) is 0 Å². The molecule has 1 aliphatic heterocycles. The van der Waals surface area contributed by atoms with Gasteiger partial charge >= 0.3 is 6.03 Å². The Kier molecular flexibility index (Phi) is 7.33. The summed E-state index contributed by atoms with van der Waals surface area (Å²) >= 11 is 0. The zero-order chi connectivity index (χ0) is 21.6. The Labute approximate surface area is 178 Å². The molecule has 162 valence electrons. The maximum atomic E-state index is 12.7. The lowest BCUT2D eigenvalue weighted by atomic mass is 10.1. The summed E-state index contributed by atoms with van der Waals surface area (Å²) in [6.45, 7) is 3.35. The van der Waals surface area contributed by atoms with Crippen molar-refractivity contribution < 1.29 is 17.9 Å². The number of carbonyl (C=O) groups excluding carboxylic acids is 1. The summed E-state index contributed by atoms with van der Waals surface area (Å²) in [6, 6.07) is 13.7. The molecule has 0 bridgehead atoms. The lowest BCUT2D eigenvalue weighted by Crippen LogP contribution is -2.36. The number of hydrogen-bond acceptors (Lipinski definition) is 4. The third-order valence-corrected chi connectivity index (χ3v) is 7.20. The quantitative estimate of drug-likeness (QED) is 0.703. The molecule has 2 amide bonds. The van der Waals surface area contributed by atoms with Crippen LogP contribution in [0.2, 0.25) is 0 Å². The fourth-order valence-electron chi connectivity index (χ4n) is 3.57. The number of sulfonamides is 1. The molecule has 0 aliphatic carbocycles. The maximum absolute atomic E-state index is 12.7. The Morgan fingerprint density at radius 1 is 1.07 bits per heavy atom. The number of hydrogen-bond donors (Lipinski definition) is 2. The number of para-hydroxylation sites is 1. The second kappa shape index (κ2) is 9.95. The standard InChI is InChI=1S/C22H29N3O4S/c1-17(20-8-4-5-9-21(20)29-2)24-22(26)23-16-18-10-12-19(13-11-18)30(27,28)25-14-6-3-7-15-25/h4-5,8-13,17H,3,6-7,14-16H2,1-2H3,(H2,23,24,26). The zero-order valence-electron chi connectivity index (χ0n) is 17.4. The summed E-state index contributed by atoms with van der Waals surface area (Å²) in [4.78, 5) is 12.6. The Balaban J connectivity index is 1.55. The highest BCUT2D eigenvalue weighted by Gasteiger charge is 2.25. The predicted molar refractivity (Wildman–Crippen MR) is 116 cm³/mol. The number of nitrogens with one attached hydrogen (secondary N) is 2. The molecule has 1 unspecified atom stereocenters. The lowest BCUT2D eigenvalue weighted by Gasteiger charge is -2.25. The molecule has 2 N–H and O–H groups in total. The van der Waals surface area contributed by atoms with E-state index in [4.69, 9.17) is 4.74 Å². The number of benzene rings is 2. The summed E-state index contributed by atoms with van der Waals surface area (Å²) in [5.41, 5.74) is 1.72. The minimum absolute atomic E-state index is 0.224. The van der Waals surface area contributed by atoms with E-state index in [1.54, 1.807) is 35.7 Å². The van der Waals surface area contributed by atoms with Gasteiger partial charge in [-0.1, -0.05) is 36.8 Å². The molecule has 2 aromatic carbocycles. The number of carbonyl (C=O) groups is 1. The third kappa shape index (κ3) is 5.31. The molecule has 2 aromatic rings. The van der Waals surface area contributed by atoms with Crippen molar-refractivity contribution in [3.05, 3.63) is 59.7 Å². The summed E-state index contributed by atoms with van der Waals surface area (Å²) in [6.07, 6.45) is 2.89. The Morgan fingerprint density at radius 2 is 1.73 bits per heavy atom. The number of amides is 2. The highest BCUT2D eigenvalue weighted by Crippen LogP contribution is 2.24. The highest BCUT2D eigenvalue weighted by molar-refractivity contribution is 7.89. The van der Waals surface area contributed by atoms with Crippen LogP contribution in [0.5, 0.6) is 5.75 Å². The Morgan fingerprint density at radius 3 is 2.40 bits per heavy atom. The molecule has 0 aromatic heterocycles. The number of nitrogens with zero attached hydrogens (tertiary/aromatic N) is 1. The van der Waals surface area contributed by atoms with Crippen molar-refractivity contribution in [2.45, 2.75) is 43.7 Å². The molecule has 1 fully saturated rings. The van der Waals surface area contributed by atoms with Crippen LogP contribution in [0.25, 0.3) is 0 Å². The van der Waals surface area contributed by atoms with Gasteiger partial charge in [-0.25, -0.2) is 13.2 Å². The number of ether oxygens (including phenoxy) is 1. The summed E-state index contributed by atoms with van der Waals surface area (Å²) in [5, 5.41) is 5.70. The monoisotopic (exact) mass is 431 g/mol. The van der Waals surface area contributed by atoms with E-state index in [0.29, 0.717) is 24.5 Å². The number of methoxy groups -OCH3 is 1. The third-order valence-electron chi connectivity index (χ3n) is 5.28. The van der Waals surface area contributed by atoms with Crippen LogP contribution in [0.3, 0.4) is 0 Å². The fraction of sp³-hybridized carbons (Fsp3) is 0.409. The number of rotatable bonds is 7. The maximum Gasteiger partial charge on any atom is 0.315 e. The van der Waals surface area contributed by atoms with Gasteiger partial charge in [-0.05, 0) is 43.5 Å². The highest BCUT2D eigenvalue weighted by atomic mass is 32.2. The van der Waals surface area contributed by atoms with Crippen LogP contribution >= 0.6 is 0 Å². The molecular weight excluding hydrogens is 402 g/mol. The van der Waals surface area contributed by atoms with E-state index in [-0.39, 0.29) is 12.1 Å².